The number of nitrogens with two attached hydrogens (primary N) is 2. The van der Waals surface area contributed by atoms with E-state index in [0.29, 0.717) is 11.6 Å². The van der Waals surface area contributed by atoms with Crippen LogP contribution in [0, 0.1) is 0 Å². The number of hydrogen-bond acceptors (Lipinski definition) is 4. The molecule has 3 aromatic rings. The lowest BCUT2D eigenvalue weighted by atomic mass is 9.95. The summed E-state index contributed by atoms with van der Waals surface area (Å²) in [4.78, 5) is 4.65. The van der Waals surface area contributed by atoms with Gasteiger partial charge in [-0.25, -0.2) is 0 Å². The van der Waals surface area contributed by atoms with Crippen molar-refractivity contribution in [2.45, 2.75) is 12.1 Å². The molecule has 0 spiro atoms. The van der Waals surface area contributed by atoms with Crippen molar-refractivity contribution in [3.63, 3.8) is 0 Å². The minimum Gasteiger partial charge on any atom is -0.368 e. The molecule has 30 heavy (non-hydrogen) atoms. The van der Waals surface area contributed by atoms with Crippen LogP contribution in [-0.2, 0) is 0 Å². The van der Waals surface area contributed by atoms with Gasteiger partial charge in [-0.3, -0.25) is 4.90 Å². The zero-order valence-electron chi connectivity index (χ0n) is 16.6. The first kappa shape index (κ1) is 21.7. The van der Waals surface area contributed by atoms with Gasteiger partial charge in [0.1, 0.15) is 0 Å². The number of hydrogen-bond donors (Lipinski definition) is 2. The molecule has 0 radical (unpaired) electrons. The van der Waals surface area contributed by atoms with E-state index >= 15 is 0 Å². The normalized spacial score (nSPS) is 17.3. The van der Waals surface area contributed by atoms with Crippen molar-refractivity contribution < 1.29 is 0 Å². The third kappa shape index (κ3) is 4.54. The Bertz CT molecular complexity index is 1030. The van der Waals surface area contributed by atoms with E-state index in [0.717, 1.165) is 58.2 Å². The molecule has 2 unspecified atom stereocenters. The molecule has 3 aromatic carbocycles. The summed E-state index contributed by atoms with van der Waals surface area (Å²) in [5.41, 5.74) is 14.9. The van der Waals surface area contributed by atoms with Gasteiger partial charge in [0.05, 0.1) is 10.7 Å². The molecule has 4 N–H and O–H groups in total. The first-order valence-corrected chi connectivity index (χ1v) is 11.2. The van der Waals surface area contributed by atoms with E-state index in [9.17, 15) is 0 Å². The van der Waals surface area contributed by atoms with Crippen LogP contribution in [0.5, 0.6) is 0 Å². The second-order valence-corrected chi connectivity index (χ2v) is 8.98. The van der Waals surface area contributed by atoms with E-state index in [1.807, 2.05) is 36.4 Å². The molecule has 0 aliphatic carbocycles. The Balaban J connectivity index is 1.48. The molecular formula is C23H25Cl3N4. The number of anilines is 1. The Labute approximate surface area is 192 Å². The first-order chi connectivity index (χ1) is 14.5. The third-order valence-corrected chi connectivity index (χ3v) is 6.69. The third-order valence-electron chi connectivity index (χ3n) is 5.90. The van der Waals surface area contributed by atoms with E-state index < -0.39 is 0 Å². The first-order valence-electron chi connectivity index (χ1n) is 10.0. The van der Waals surface area contributed by atoms with Crippen LogP contribution in [0.25, 0.3) is 10.8 Å². The zero-order valence-corrected chi connectivity index (χ0v) is 18.8. The maximum Gasteiger partial charge on any atom is 0.0640 e. The van der Waals surface area contributed by atoms with Gasteiger partial charge in [-0.15, -0.1) is 0 Å². The van der Waals surface area contributed by atoms with Crippen LogP contribution in [0.2, 0.25) is 15.1 Å². The Hall–Kier alpha value is -1.53. The Morgan fingerprint density at radius 2 is 1.43 bits per heavy atom. The number of benzene rings is 3. The maximum absolute atomic E-state index is 6.69. The lowest BCUT2D eigenvalue weighted by molar-refractivity contribution is 0.166. The Morgan fingerprint density at radius 1 is 0.800 bits per heavy atom. The van der Waals surface area contributed by atoms with Crippen LogP contribution in [0.1, 0.15) is 11.6 Å². The van der Waals surface area contributed by atoms with Crippen molar-refractivity contribution in [1.29, 1.82) is 0 Å². The number of piperazine rings is 1. The Morgan fingerprint density at radius 3 is 2.17 bits per heavy atom. The average Bonchev–Trinajstić information content (AvgIpc) is 2.76. The Kier molecular flexibility index (Phi) is 6.73. The summed E-state index contributed by atoms with van der Waals surface area (Å²) < 4.78 is 0. The minimum atomic E-state index is -0.170. The van der Waals surface area contributed by atoms with Crippen molar-refractivity contribution in [1.82, 2.24) is 4.90 Å². The zero-order chi connectivity index (χ0) is 21.3. The fourth-order valence-corrected chi connectivity index (χ4v) is 4.79. The van der Waals surface area contributed by atoms with Crippen molar-refractivity contribution in [3.8, 4) is 0 Å². The van der Waals surface area contributed by atoms with Gasteiger partial charge in [0.15, 0.2) is 0 Å². The van der Waals surface area contributed by atoms with E-state index in [-0.39, 0.29) is 12.1 Å². The number of rotatable bonds is 5. The minimum absolute atomic E-state index is 0.0618. The monoisotopic (exact) mass is 462 g/mol. The van der Waals surface area contributed by atoms with Gasteiger partial charge in [-0.05, 0) is 52.7 Å². The van der Waals surface area contributed by atoms with Gasteiger partial charge in [-0.2, -0.15) is 0 Å². The fraction of sp³-hybridized carbons (Fsp3) is 0.304. The predicted molar refractivity (Wildman–Crippen MR) is 129 cm³/mol. The van der Waals surface area contributed by atoms with Crippen molar-refractivity contribution in [3.05, 3.63) is 75.2 Å². The topological polar surface area (TPSA) is 58.5 Å². The van der Waals surface area contributed by atoms with Gasteiger partial charge < -0.3 is 16.4 Å². The molecule has 1 aliphatic heterocycles. The van der Waals surface area contributed by atoms with Crippen LogP contribution in [0.15, 0.2) is 54.6 Å². The van der Waals surface area contributed by atoms with Gasteiger partial charge in [0, 0.05) is 54.9 Å². The summed E-state index contributed by atoms with van der Waals surface area (Å²) in [6.45, 7) is 3.92. The highest BCUT2D eigenvalue weighted by Crippen LogP contribution is 2.31. The van der Waals surface area contributed by atoms with Gasteiger partial charge >= 0.3 is 0 Å². The molecule has 0 amide bonds. The molecule has 4 nitrogen and oxygen atoms in total. The average molecular weight is 464 g/mol. The fourth-order valence-electron chi connectivity index (χ4n) is 4.21. The number of halogens is 3. The van der Waals surface area contributed by atoms with E-state index in [2.05, 4.69) is 28.0 Å². The highest BCUT2D eigenvalue weighted by Gasteiger charge is 2.29. The second-order valence-electron chi connectivity index (χ2n) is 7.70. The van der Waals surface area contributed by atoms with Crippen LogP contribution in [-0.4, -0.2) is 43.7 Å². The van der Waals surface area contributed by atoms with Crippen LogP contribution in [0.3, 0.4) is 0 Å². The second kappa shape index (κ2) is 9.31. The molecule has 158 valence electrons. The van der Waals surface area contributed by atoms with Gasteiger partial charge in [0.25, 0.3) is 0 Å². The van der Waals surface area contributed by atoms with Crippen molar-refractivity contribution in [2.75, 3.05) is 37.6 Å². The molecule has 4 rings (SSSR count). The molecular weight excluding hydrogens is 439 g/mol. The van der Waals surface area contributed by atoms with Crippen LogP contribution in [0.4, 0.5) is 5.69 Å². The van der Waals surface area contributed by atoms with Crippen LogP contribution < -0.4 is 16.4 Å². The van der Waals surface area contributed by atoms with E-state index in [4.69, 9.17) is 46.3 Å². The largest absolute Gasteiger partial charge is 0.368 e. The predicted octanol–water partition coefficient (Wildman–Crippen LogP) is 4.95. The number of fused-ring (bicyclic) bond motifs is 1. The van der Waals surface area contributed by atoms with Crippen molar-refractivity contribution >= 4 is 51.3 Å². The standard InChI is InChI=1S/C23H25Cl3N4/c24-18-4-3-15-11-17(2-1-16(15)12-18)23(28)22(14-27)30-9-7-29(8-10-30)21-13-19(25)5-6-20(21)26/h1-6,11-13,22-23H,7-10,14,27-28H2. The summed E-state index contributed by atoms with van der Waals surface area (Å²) >= 11 is 18.6. The molecule has 1 heterocycles. The quantitative estimate of drug-likeness (QED) is 0.562. The highest BCUT2D eigenvalue weighted by atomic mass is 35.5. The number of nitrogens with zero attached hydrogens (tertiary/aromatic N) is 2. The maximum atomic E-state index is 6.69. The molecule has 1 aliphatic rings. The lowest BCUT2D eigenvalue weighted by Gasteiger charge is -2.42. The smallest absolute Gasteiger partial charge is 0.0640 e. The van der Waals surface area contributed by atoms with Gasteiger partial charge in [-0.1, -0.05) is 53.0 Å². The molecule has 0 saturated carbocycles. The SMILES string of the molecule is NCC(C(N)c1ccc2cc(Cl)ccc2c1)N1CCN(c2cc(Cl)ccc2Cl)CC1. The van der Waals surface area contributed by atoms with Gasteiger partial charge in [0.2, 0.25) is 0 Å². The summed E-state index contributed by atoms with van der Waals surface area (Å²) in [6.07, 6.45) is 0. The molecule has 7 heteroatoms. The van der Waals surface area contributed by atoms with Crippen molar-refractivity contribution in [2.24, 2.45) is 11.5 Å². The summed E-state index contributed by atoms with van der Waals surface area (Å²) in [7, 11) is 0. The molecule has 1 fully saturated rings. The van der Waals surface area contributed by atoms with E-state index in [1.54, 1.807) is 0 Å². The molecule has 2 atom stereocenters. The molecule has 0 bridgehead atoms. The summed E-state index contributed by atoms with van der Waals surface area (Å²) in [6, 6.07) is 17.7. The molecule has 1 saturated heterocycles. The lowest BCUT2D eigenvalue weighted by Crippen LogP contribution is -2.55. The summed E-state index contributed by atoms with van der Waals surface area (Å²) in [5, 5.41) is 4.38. The summed E-state index contributed by atoms with van der Waals surface area (Å²) in [5.74, 6) is 0. The highest BCUT2D eigenvalue weighted by molar-refractivity contribution is 6.35. The molecule has 0 aromatic heterocycles. The van der Waals surface area contributed by atoms with Crippen LogP contribution >= 0.6 is 34.8 Å². The van der Waals surface area contributed by atoms with E-state index in [1.165, 1.54) is 0 Å².